The zero-order chi connectivity index (χ0) is 22.5. The van der Waals surface area contributed by atoms with Crippen LogP contribution < -0.4 is 0 Å². The van der Waals surface area contributed by atoms with E-state index in [1.54, 1.807) is 6.20 Å². The molecule has 0 saturated heterocycles. The highest BCUT2D eigenvalue weighted by Gasteiger charge is 2.28. The lowest BCUT2D eigenvalue weighted by Gasteiger charge is -2.10. The molecule has 0 atom stereocenters. The van der Waals surface area contributed by atoms with Gasteiger partial charge in [-0.2, -0.15) is 4.98 Å². The van der Waals surface area contributed by atoms with Crippen molar-refractivity contribution in [3.8, 4) is 22.9 Å². The van der Waals surface area contributed by atoms with E-state index in [9.17, 15) is 0 Å². The molecular weight excluding hydrogens is 416 g/mol. The molecule has 0 spiro atoms. The lowest BCUT2D eigenvalue weighted by atomic mass is 10.1. The van der Waals surface area contributed by atoms with E-state index in [0.29, 0.717) is 30.3 Å². The Morgan fingerprint density at radius 1 is 1.06 bits per heavy atom. The van der Waals surface area contributed by atoms with Crippen molar-refractivity contribution in [2.75, 3.05) is 0 Å². The van der Waals surface area contributed by atoms with E-state index < -0.39 is 0 Å². The highest BCUT2D eigenvalue weighted by molar-refractivity contribution is 5.62. The Morgan fingerprint density at radius 3 is 2.76 bits per heavy atom. The maximum atomic E-state index is 5.47. The summed E-state index contributed by atoms with van der Waals surface area (Å²) in [5, 5.41) is 13.3. The number of nitrogens with zero attached hydrogens (tertiary/aromatic N) is 8. The van der Waals surface area contributed by atoms with Gasteiger partial charge in [-0.1, -0.05) is 36.4 Å². The van der Waals surface area contributed by atoms with Gasteiger partial charge in [0.25, 0.3) is 0 Å². The molecule has 1 aromatic carbocycles. The fraction of sp³-hybridized carbons (Fsp3) is 0.250. The number of hydrogen-bond acceptors (Lipinski definition) is 7. The highest BCUT2D eigenvalue weighted by atomic mass is 16.5. The third kappa shape index (κ3) is 3.24. The Bertz CT molecular complexity index is 1460. The quantitative estimate of drug-likeness (QED) is 0.412. The molecule has 9 nitrogen and oxygen atoms in total. The minimum atomic E-state index is 0.145. The molecule has 4 aromatic heterocycles. The Labute approximate surface area is 190 Å². The minimum absolute atomic E-state index is 0.145. The van der Waals surface area contributed by atoms with Crippen molar-refractivity contribution >= 4 is 0 Å². The highest BCUT2D eigenvalue weighted by Crippen LogP contribution is 2.33. The number of hydrogen-bond donors (Lipinski definition) is 0. The smallest absolute Gasteiger partial charge is 0.229 e. The summed E-state index contributed by atoms with van der Waals surface area (Å²) in [4.78, 5) is 13.8. The summed E-state index contributed by atoms with van der Waals surface area (Å²) in [6, 6.07) is 12.2. The van der Waals surface area contributed by atoms with Gasteiger partial charge in [0.1, 0.15) is 12.0 Å². The van der Waals surface area contributed by atoms with Gasteiger partial charge in [-0.05, 0) is 36.8 Å². The molecule has 0 N–H and O–H groups in total. The lowest BCUT2D eigenvalue weighted by Crippen LogP contribution is -2.05. The van der Waals surface area contributed by atoms with Crippen LogP contribution in [0.25, 0.3) is 22.9 Å². The summed E-state index contributed by atoms with van der Waals surface area (Å²) in [7, 11) is 0. The van der Waals surface area contributed by atoms with Crippen molar-refractivity contribution in [2.24, 2.45) is 0 Å². The number of aromatic nitrogens is 8. The standard InChI is InChI=1S/C24H22N8O/c1-14(2)24-27-23(29-33-24)22-21-12-19-17(11-16-6-4-5-9-25-16)28-30-32(19)20-10-15(3)7-8-18(20)31(21)13-26-22/h4-10,13-14H,11-12H2,1-3H3. The molecule has 6 rings (SSSR count). The molecule has 164 valence electrons. The van der Waals surface area contributed by atoms with Crippen molar-refractivity contribution in [2.45, 2.75) is 39.5 Å². The van der Waals surface area contributed by atoms with Crippen molar-refractivity contribution in [1.29, 1.82) is 0 Å². The molecule has 0 fully saturated rings. The van der Waals surface area contributed by atoms with Gasteiger partial charge in [0, 0.05) is 30.7 Å². The van der Waals surface area contributed by atoms with Crippen LogP contribution in [-0.4, -0.2) is 39.7 Å². The Hall–Kier alpha value is -4.14. The van der Waals surface area contributed by atoms with Crippen LogP contribution in [0.15, 0.2) is 53.4 Å². The molecule has 33 heavy (non-hydrogen) atoms. The van der Waals surface area contributed by atoms with E-state index >= 15 is 0 Å². The SMILES string of the molecule is Cc1ccc2c(c1)-n1nnc(Cc3ccccn3)c1Cc1c(-c3noc(C(C)C)n3)ncn1-2. The van der Waals surface area contributed by atoms with Crippen LogP contribution in [0.2, 0.25) is 0 Å². The van der Waals surface area contributed by atoms with Crippen LogP contribution in [0.3, 0.4) is 0 Å². The average molecular weight is 438 g/mol. The molecule has 1 aliphatic heterocycles. The average Bonchev–Trinajstić information content (AvgIpc) is 3.53. The summed E-state index contributed by atoms with van der Waals surface area (Å²) >= 11 is 0. The third-order valence-electron chi connectivity index (χ3n) is 5.89. The maximum absolute atomic E-state index is 5.47. The first-order valence-electron chi connectivity index (χ1n) is 10.9. The second kappa shape index (κ2) is 7.47. The molecule has 0 aliphatic carbocycles. The van der Waals surface area contributed by atoms with E-state index in [1.807, 2.05) is 43.1 Å². The summed E-state index contributed by atoms with van der Waals surface area (Å²) in [6.07, 6.45) is 4.79. The second-order valence-electron chi connectivity index (χ2n) is 8.58. The van der Waals surface area contributed by atoms with Crippen LogP contribution in [0.4, 0.5) is 0 Å². The number of benzene rings is 1. The molecule has 5 aromatic rings. The van der Waals surface area contributed by atoms with Gasteiger partial charge in [-0.25, -0.2) is 9.67 Å². The molecule has 0 saturated carbocycles. The van der Waals surface area contributed by atoms with Crippen LogP contribution in [0, 0.1) is 6.92 Å². The van der Waals surface area contributed by atoms with Gasteiger partial charge >= 0.3 is 0 Å². The van der Waals surface area contributed by atoms with Crippen LogP contribution in [0.1, 0.15) is 54.0 Å². The van der Waals surface area contributed by atoms with Crippen molar-refractivity contribution < 1.29 is 4.52 Å². The summed E-state index contributed by atoms with van der Waals surface area (Å²) in [6.45, 7) is 6.12. The molecule has 0 radical (unpaired) electrons. The van der Waals surface area contributed by atoms with Crippen molar-refractivity contribution in [3.63, 3.8) is 0 Å². The molecule has 9 heteroatoms. The number of imidazole rings is 1. The first-order valence-corrected chi connectivity index (χ1v) is 10.9. The van der Waals surface area contributed by atoms with E-state index in [0.717, 1.165) is 39.7 Å². The lowest BCUT2D eigenvalue weighted by molar-refractivity contribution is 0.365. The number of rotatable bonds is 4. The molecule has 0 unspecified atom stereocenters. The molecular formula is C24H22N8O. The van der Waals surface area contributed by atoms with Gasteiger partial charge < -0.3 is 4.52 Å². The molecule has 1 aliphatic rings. The van der Waals surface area contributed by atoms with Gasteiger partial charge in [-0.3, -0.25) is 9.55 Å². The Balaban J connectivity index is 1.53. The Morgan fingerprint density at radius 2 is 1.97 bits per heavy atom. The van der Waals surface area contributed by atoms with Crippen molar-refractivity contribution in [3.05, 3.63) is 83.2 Å². The van der Waals surface area contributed by atoms with Crippen LogP contribution in [-0.2, 0) is 12.8 Å². The summed E-state index contributed by atoms with van der Waals surface area (Å²) < 4.78 is 9.50. The van der Waals surface area contributed by atoms with E-state index in [2.05, 4.69) is 55.1 Å². The van der Waals surface area contributed by atoms with Crippen LogP contribution in [0.5, 0.6) is 0 Å². The number of aryl methyl sites for hydroxylation is 1. The van der Waals surface area contributed by atoms with Gasteiger partial charge in [-0.15, -0.1) is 5.10 Å². The monoisotopic (exact) mass is 438 g/mol. The van der Waals surface area contributed by atoms with Crippen molar-refractivity contribution in [1.82, 2.24) is 39.7 Å². The normalized spacial score (nSPS) is 12.4. The summed E-state index contributed by atoms with van der Waals surface area (Å²) in [5.74, 6) is 1.24. The molecule has 0 bridgehead atoms. The third-order valence-corrected chi connectivity index (χ3v) is 5.89. The first kappa shape index (κ1) is 19.5. The fourth-order valence-corrected chi connectivity index (χ4v) is 4.18. The number of pyridine rings is 1. The number of fused-ring (bicyclic) bond motifs is 5. The molecule has 0 amide bonds. The minimum Gasteiger partial charge on any atom is -0.339 e. The fourth-order valence-electron chi connectivity index (χ4n) is 4.18. The maximum Gasteiger partial charge on any atom is 0.229 e. The van der Waals surface area contributed by atoms with Gasteiger partial charge in [0.2, 0.25) is 11.7 Å². The zero-order valence-corrected chi connectivity index (χ0v) is 18.6. The van der Waals surface area contributed by atoms with E-state index in [-0.39, 0.29) is 5.92 Å². The van der Waals surface area contributed by atoms with E-state index in [4.69, 9.17) is 9.51 Å². The first-order chi connectivity index (χ1) is 16.1. The van der Waals surface area contributed by atoms with Crippen LogP contribution >= 0.6 is 0 Å². The largest absolute Gasteiger partial charge is 0.339 e. The second-order valence-corrected chi connectivity index (χ2v) is 8.58. The predicted molar refractivity (Wildman–Crippen MR) is 120 cm³/mol. The summed E-state index contributed by atoms with van der Waals surface area (Å²) in [5.41, 5.74) is 7.60. The topological polar surface area (TPSA) is 100 Å². The zero-order valence-electron chi connectivity index (χ0n) is 18.6. The predicted octanol–water partition coefficient (Wildman–Crippen LogP) is 3.82. The van der Waals surface area contributed by atoms with E-state index in [1.165, 1.54) is 0 Å². The van der Waals surface area contributed by atoms with Gasteiger partial charge in [0.15, 0.2) is 0 Å². The molecule has 5 heterocycles. The van der Waals surface area contributed by atoms with Gasteiger partial charge in [0.05, 0.1) is 28.5 Å². The Kier molecular flexibility index (Phi) is 4.42.